The van der Waals surface area contributed by atoms with Crippen LogP contribution in [0.15, 0.2) is 11.6 Å². The molecule has 4 heteroatoms. The molecule has 0 aromatic carbocycles. The Balaban J connectivity index is 1.70. The Morgan fingerprint density at radius 2 is 2.05 bits per heavy atom. The minimum Gasteiger partial charge on any atom is -0.379 e. The molecule has 3 rings (SSSR count). The van der Waals surface area contributed by atoms with Crippen LogP contribution in [0.3, 0.4) is 0 Å². The van der Waals surface area contributed by atoms with Crippen molar-refractivity contribution >= 4 is 0 Å². The molecule has 3 unspecified atom stereocenters. The topological polar surface area (TPSA) is 43.5 Å². The quantitative estimate of drug-likeness (QED) is 0.573. The molecule has 0 bridgehead atoms. The average Bonchev–Trinajstić information content (AvgIpc) is 3.33. The summed E-state index contributed by atoms with van der Waals surface area (Å²) in [6, 6.07) is 0. The first-order valence-electron chi connectivity index (χ1n) is 7.59. The minimum absolute atomic E-state index is 0.0000961. The van der Waals surface area contributed by atoms with Gasteiger partial charge in [0.05, 0.1) is 36.6 Å². The summed E-state index contributed by atoms with van der Waals surface area (Å²) in [5, 5.41) is 0. The van der Waals surface area contributed by atoms with E-state index in [0.29, 0.717) is 12.0 Å². The Hall–Kier alpha value is -0.420. The van der Waals surface area contributed by atoms with Crippen LogP contribution in [0.25, 0.3) is 0 Å². The van der Waals surface area contributed by atoms with E-state index in [1.165, 1.54) is 5.57 Å². The van der Waals surface area contributed by atoms with Gasteiger partial charge in [-0.25, -0.2) is 0 Å². The van der Waals surface area contributed by atoms with E-state index in [4.69, 9.17) is 18.9 Å². The van der Waals surface area contributed by atoms with Crippen LogP contribution in [0.1, 0.15) is 33.1 Å². The lowest BCUT2D eigenvalue weighted by Gasteiger charge is -2.39. The highest BCUT2D eigenvalue weighted by Gasteiger charge is 2.66. The second-order valence-electron chi connectivity index (χ2n) is 6.55. The fourth-order valence-electron chi connectivity index (χ4n) is 3.73. The molecule has 0 radical (unpaired) electrons. The van der Waals surface area contributed by atoms with Gasteiger partial charge in [-0.3, -0.25) is 0 Å². The monoisotopic (exact) mass is 282 g/mol. The molecular weight excluding hydrogens is 256 g/mol. The third-order valence-corrected chi connectivity index (χ3v) is 5.00. The van der Waals surface area contributed by atoms with Gasteiger partial charge in [-0.1, -0.05) is 11.6 Å². The molecule has 1 spiro atoms. The van der Waals surface area contributed by atoms with Gasteiger partial charge >= 0.3 is 0 Å². The molecule has 114 valence electrons. The number of methoxy groups -OCH3 is 2. The van der Waals surface area contributed by atoms with E-state index in [2.05, 4.69) is 19.9 Å². The van der Waals surface area contributed by atoms with Gasteiger partial charge in [0.15, 0.2) is 0 Å². The van der Waals surface area contributed by atoms with Crippen molar-refractivity contribution in [2.24, 2.45) is 5.92 Å². The molecule has 0 aromatic heterocycles. The Kier molecular flexibility index (Phi) is 3.93. The van der Waals surface area contributed by atoms with Crippen molar-refractivity contribution in [2.45, 2.75) is 63.1 Å². The first kappa shape index (κ1) is 14.5. The van der Waals surface area contributed by atoms with Gasteiger partial charge in [0.25, 0.3) is 0 Å². The van der Waals surface area contributed by atoms with Crippen LogP contribution in [-0.2, 0) is 18.9 Å². The lowest BCUT2D eigenvalue weighted by atomic mass is 9.73. The van der Waals surface area contributed by atoms with Crippen LogP contribution in [0.4, 0.5) is 0 Å². The maximum atomic E-state index is 5.95. The standard InChI is InChI=1S/C16H26O4/c1-10(2)5-6-12-15(20-12)13-14(18-4)11(17-3)7-8-16(13)9-19-16/h5,11-15H,6-9H2,1-4H3/t11?,12-,13?,14?,15+,16+/m1/s1. The van der Waals surface area contributed by atoms with Crippen LogP contribution >= 0.6 is 0 Å². The second-order valence-corrected chi connectivity index (χ2v) is 6.55. The Bertz CT molecular complexity index is 384. The van der Waals surface area contributed by atoms with E-state index in [1.54, 1.807) is 14.2 Å². The fraction of sp³-hybridized carbons (Fsp3) is 0.875. The lowest BCUT2D eigenvalue weighted by molar-refractivity contribution is -0.116. The summed E-state index contributed by atoms with van der Waals surface area (Å²) in [5.41, 5.74) is 1.35. The molecule has 4 nitrogen and oxygen atoms in total. The molecule has 2 aliphatic heterocycles. The highest BCUT2D eigenvalue weighted by molar-refractivity contribution is 5.14. The van der Waals surface area contributed by atoms with Crippen LogP contribution in [0, 0.1) is 5.92 Å². The molecule has 3 fully saturated rings. The fourth-order valence-corrected chi connectivity index (χ4v) is 3.73. The summed E-state index contributed by atoms with van der Waals surface area (Å²) in [7, 11) is 3.55. The molecule has 0 N–H and O–H groups in total. The third-order valence-electron chi connectivity index (χ3n) is 5.00. The van der Waals surface area contributed by atoms with Crippen molar-refractivity contribution in [3.8, 4) is 0 Å². The summed E-state index contributed by atoms with van der Waals surface area (Å²) >= 11 is 0. The summed E-state index contributed by atoms with van der Waals surface area (Å²) in [6.07, 6.45) is 6.14. The molecule has 2 saturated heterocycles. The smallest absolute Gasteiger partial charge is 0.0997 e. The highest BCUT2D eigenvalue weighted by Crippen LogP contribution is 2.54. The molecule has 6 atom stereocenters. The summed E-state index contributed by atoms with van der Waals surface area (Å²) in [6.45, 7) is 5.11. The lowest BCUT2D eigenvalue weighted by Crippen LogP contribution is -2.51. The number of hydrogen-bond donors (Lipinski definition) is 0. The first-order valence-corrected chi connectivity index (χ1v) is 7.59. The molecule has 1 saturated carbocycles. The van der Waals surface area contributed by atoms with Gasteiger partial charge in [-0.2, -0.15) is 0 Å². The van der Waals surface area contributed by atoms with Crippen LogP contribution < -0.4 is 0 Å². The van der Waals surface area contributed by atoms with Gasteiger partial charge in [0.2, 0.25) is 0 Å². The molecule has 1 aliphatic carbocycles. The molecule has 20 heavy (non-hydrogen) atoms. The van der Waals surface area contributed by atoms with Crippen molar-refractivity contribution < 1.29 is 18.9 Å². The first-order chi connectivity index (χ1) is 9.61. The van der Waals surface area contributed by atoms with E-state index in [9.17, 15) is 0 Å². The molecular formula is C16H26O4. The van der Waals surface area contributed by atoms with Crippen molar-refractivity contribution in [3.63, 3.8) is 0 Å². The van der Waals surface area contributed by atoms with Gasteiger partial charge in [-0.05, 0) is 33.1 Å². The van der Waals surface area contributed by atoms with E-state index < -0.39 is 0 Å². The minimum atomic E-state index is 0.0000961. The van der Waals surface area contributed by atoms with E-state index >= 15 is 0 Å². The van der Waals surface area contributed by atoms with Crippen LogP contribution in [0.5, 0.6) is 0 Å². The zero-order valence-corrected chi connectivity index (χ0v) is 12.9. The Labute approximate surface area is 121 Å². The van der Waals surface area contributed by atoms with Gasteiger partial charge < -0.3 is 18.9 Å². The molecule has 3 aliphatic rings. The predicted molar refractivity (Wildman–Crippen MR) is 75.7 cm³/mol. The second kappa shape index (κ2) is 5.41. The summed E-state index contributed by atoms with van der Waals surface area (Å²) in [5.74, 6) is 0.307. The SMILES string of the molecule is COC1CC[C@]2(CO2)C([C@H]2O[C@@H]2CC=C(C)C)C1OC. The Morgan fingerprint density at radius 3 is 2.60 bits per heavy atom. The number of rotatable bonds is 5. The highest BCUT2D eigenvalue weighted by atomic mass is 16.6. The number of epoxide rings is 2. The number of hydrogen-bond acceptors (Lipinski definition) is 4. The van der Waals surface area contributed by atoms with Crippen molar-refractivity contribution in [1.82, 2.24) is 0 Å². The van der Waals surface area contributed by atoms with Crippen molar-refractivity contribution in [3.05, 3.63) is 11.6 Å². The molecule has 0 amide bonds. The third kappa shape index (κ3) is 2.54. The maximum Gasteiger partial charge on any atom is 0.0997 e. The molecule has 2 heterocycles. The average molecular weight is 282 g/mol. The number of ether oxygens (including phenoxy) is 4. The normalized spacial score (nSPS) is 46.3. The largest absolute Gasteiger partial charge is 0.379 e. The van der Waals surface area contributed by atoms with Crippen molar-refractivity contribution in [2.75, 3.05) is 20.8 Å². The summed E-state index contributed by atoms with van der Waals surface area (Å²) < 4.78 is 23.1. The van der Waals surface area contributed by atoms with Gasteiger partial charge in [0.1, 0.15) is 0 Å². The zero-order valence-electron chi connectivity index (χ0n) is 12.9. The van der Waals surface area contributed by atoms with Gasteiger partial charge in [0, 0.05) is 20.1 Å². The van der Waals surface area contributed by atoms with Crippen molar-refractivity contribution in [1.29, 1.82) is 0 Å². The van der Waals surface area contributed by atoms with Crippen LogP contribution in [-0.4, -0.2) is 50.8 Å². The van der Waals surface area contributed by atoms with E-state index in [0.717, 1.165) is 25.9 Å². The maximum absolute atomic E-state index is 5.95. The number of allylic oxidation sites excluding steroid dienone is 1. The van der Waals surface area contributed by atoms with E-state index in [1.807, 2.05) is 0 Å². The summed E-state index contributed by atoms with van der Waals surface area (Å²) in [4.78, 5) is 0. The zero-order chi connectivity index (χ0) is 14.3. The Morgan fingerprint density at radius 1 is 1.30 bits per heavy atom. The van der Waals surface area contributed by atoms with Gasteiger partial charge in [-0.15, -0.1) is 0 Å². The molecule has 0 aromatic rings. The predicted octanol–water partition coefficient (Wildman–Crippen LogP) is 2.32. The van der Waals surface area contributed by atoms with Crippen LogP contribution in [0.2, 0.25) is 0 Å². The van der Waals surface area contributed by atoms with E-state index in [-0.39, 0.29) is 23.9 Å².